The molecular formula is C16H16Cl2N2. The molecule has 0 fully saturated rings. The Labute approximate surface area is 129 Å². The molecule has 0 unspecified atom stereocenters. The van der Waals surface area contributed by atoms with Crippen molar-refractivity contribution in [2.75, 3.05) is 12.3 Å². The van der Waals surface area contributed by atoms with Crippen molar-refractivity contribution < 1.29 is 0 Å². The maximum atomic E-state index is 6.24. The smallest absolute Gasteiger partial charge is 0.0452 e. The van der Waals surface area contributed by atoms with Crippen LogP contribution in [0, 0.1) is 0 Å². The highest BCUT2D eigenvalue weighted by atomic mass is 35.5. The molecule has 0 aromatic heterocycles. The van der Waals surface area contributed by atoms with Gasteiger partial charge in [-0.15, -0.1) is 0 Å². The Hall–Kier alpha value is -1.22. The van der Waals surface area contributed by atoms with Gasteiger partial charge in [-0.25, -0.2) is 0 Å². The van der Waals surface area contributed by atoms with Crippen LogP contribution in [-0.4, -0.2) is 11.4 Å². The van der Waals surface area contributed by atoms with Gasteiger partial charge in [0.25, 0.3) is 0 Å². The molecule has 104 valence electrons. The summed E-state index contributed by atoms with van der Waals surface area (Å²) >= 11 is 12.3. The number of fused-ring (bicyclic) bond motifs is 1. The molecule has 0 radical (unpaired) electrons. The van der Waals surface area contributed by atoms with E-state index in [9.17, 15) is 0 Å². The van der Waals surface area contributed by atoms with E-state index in [2.05, 4.69) is 17.0 Å². The van der Waals surface area contributed by atoms with E-state index in [1.165, 1.54) is 11.1 Å². The first-order valence-corrected chi connectivity index (χ1v) is 7.41. The van der Waals surface area contributed by atoms with Crippen LogP contribution in [0.1, 0.15) is 16.7 Å². The minimum Gasteiger partial charge on any atom is -0.399 e. The van der Waals surface area contributed by atoms with E-state index < -0.39 is 0 Å². The highest BCUT2D eigenvalue weighted by molar-refractivity contribution is 6.33. The number of rotatable bonds is 2. The van der Waals surface area contributed by atoms with Gasteiger partial charge in [0.1, 0.15) is 0 Å². The second-order valence-electron chi connectivity index (χ2n) is 5.22. The number of nitrogen functional groups attached to an aromatic ring is 1. The molecule has 0 amide bonds. The van der Waals surface area contributed by atoms with Crippen molar-refractivity contribution in [3.63, 3.8) is 0 Å². The molecule has 1 aliphatic rings. The maximum Gasteiger partial charge on any atom is 0.0452 e. The van der Waals surface area contributed by atoms with Crippen LogP contribution in [0.5, 0.6) is 0 Å². The van der Waals surface area contributed by atoms with Crippen LogP contribution in [-0.2, 0) is 19.5 Å². The second kappa shape index (κ2) is 5.65. The van der Waals surface area contributed by atoms with Crippen molar-refractivity contribution in [3.05, 3.63) is 63.1 Å². The molecular weight excluding hydrogens is 291 g/mol. The molecule has 2 aromatic rings. The van der Waals surface area contributed by atoms with E-state index in [1.54, 1.807) is 0 Å². The third kappa shape index (κ3) is 2.93. The number of hydrogen-bond donors (Lipinski definition) is 1. The van der Waals surface area contributed by atoms with Crippen LogP contribution in [0.15, 0.2) is 36.4 Å². The first-order chi connectivity index (χ1) is 9.61. The summed E-state index contributed by atoms with van der Waals surface area (Å²) in [5.41, 5.74) is 10.5. The summed E-state index contributed by atoms with van der Waals surface area (Å²) in [6.45, 7) is 2.75. The van der Waals surface area contributed by atoms with E-state index in [4.69, 9.17) is 28.9 Å². The Kier molecular flexibility index (Phi) is 3.88. The summed E-state index contributed by atoms with van der Waals surface area (Å²) in [5, 5.41) is 1.50. The summed E-state index contributed by atoms with van der Waals surface area (Å²) in [6.07, 6.45) is 1.05. The fourth-order valence-electron chi connectivity index (χ4n) is 2.68. The highest BCUT2D eigenvalue weighted by Crippen LogP contribution is 2.26. The molecule has 0 aliphatic carbocycles. The Morgan fingerprint density at radius 3 is 2.75 bits per heavy atom. The Balaban J connectivity index is 1.78. The van der Waals surface area contributed by atoms with Gasteiger partial charge in [0.2, 0.25) is 0 Å². The summed E-state index contributed by atoms with van der Waals surface area (Å²) < 4.78 is 0. The Morgan fingerprint density at radius 1 is 1.05 bits per heavy atom. The van der Waals surface area contributed by atoms with E-state index in [1.807, 2.05) is 24.3 Å². The van der Waals surface area contributed by atoms with Crippen LogP contribution in [0.4, 0.5) is 5.69 Å². The third-order valence-electron chi connectivity index (χ3n) is 3.72. The monoisotopic (exact) mass is 306 g/mol. The van der Waals surface area contributed by atoms with Crippen LogP contribution >= 0.6 is 23.2 Å². The third-order valence-corrected chi connectivity index (χ3v) is 4.33. The number of benzene rings is 2. The molecule has 0 bridgehead atoms. The van der Waals surface area contributed by atoms with Gasteiger partial charge in [-0.2, -0.15) is 0 Å². The average Bonchev–Trinajstić information content (AvgIpc) is 2.42. The quantitative estimate of drug-likeness (QED) is 0.845. The fourth-order valence-corrected chi connectivity index (χ4v) is 3.05. The lowest BCUT2D eigenvalue weighted by molar-refractivity contribution is 0.245. The molecule has 1 heterocycles. The molecule has 0 spiro atoms. The van der Waals surface area contributed by atoms with Crippen LogP contribution in [0.3, 0.4) is 0 Å². The SMILES string of the molecule is Nc1ccc2c(c1)CN(Cc1cc(Cl)ccc1Cl)CC2. The summed E-state index contributed by atoms with van der Waals surface area (Å²) in [7, 11) is 0. The van der Waals surface area contributed by atoms with E-state index in [-0.39, 0.29) is 0 Å². The van der Waals surface area contributed by atoms with Crippen molar-refractivity contribution in [2.45, 2.75) is 19.5 Å². The van der Waals surface area contributed by atoms with Crippen molar-refractivity contribution in [3.8, 4) is 0 Å². The normalized spacial score (nSPS) is 15.1. The Morgan fingerprint density at radius 2 is 1.90 bits per heavy atom. The molecule has 2 nitrogen and oxygen atoms in total. The maximum absolute atomic E-state index is 6.24. The fraction of sp³-hybridized carbons (Fsp3) is 0.250. The second-order valence-corrected chi connectivity index (χ2v) is 6.07. The predicted molar refractivity (Wildman–Crippen MR) is 85.1 cm³/mol. The molecule has 2 N–H and O–H groups in total. The van der Waals surface area contributed by atoms with Gasteiger partial charge in [0.15, 0.2) is 0 Å². The number of anilines is 1. The first-order valence-electron chi connectivity index (χ1n) is 6.65. The highest BCUT2D eigenvalue weighted by Gasteiger charge is 2.17. The van der Waals surface area contributed by atoms with Gasteiger partial charge in [0, 0.05) is 35.4 Å². The largest absolute Gasteiger partial charge is 0.399 e. The van der Waals surface area contributed by atoms with Crippen molar-refractivity contribution in [2.24, 2.45) is 0 Å². The van der Waals surface area contributed by atoms with Gasteiger partial charge in [-0.05, 0) is 53.4 Å². The summed E-state index contributed by atoms with van der Waals surface area (Å²) in [6, 6.07) is 11.8. The predicted octanol–water partition coefficient (Wildman–Crippen LogP) is 4.13. The molecule has 20 heavy (non-hydrogen) atoms. The van der Waals surface area contributed by atoms with Crippen molar-refractivity contribution >= 4 is 28.9 Å². The Bertz CT molecular complexity index is 640. The number of nitrogens with zero attached hydrogens (tertiary/aromatic N) is 1. The van der Waals surface area contributed by atoms with E-state index in [0.717, 1.165) is 47.4 Å². The van der Waals surface area contributed by atoms with Gasteiger partial charge in [-0.1, -0.05) is 29.3 Å². The molecule has 3 rings (SSSR count). The summed E-state index contributed by atoms with van der Waals surface area (Å²) in [5.74, 6) is 0. The number of halogens is 2. The lowest BCUT2D eigenvalue weighted by Crippen LogP contribution is -2.30. The molecule has 0 saturated carbocycles. The number of nitrogens with two attached hydrogens (primary N) is 1. The van der Waals surface area contributed by atoms with Crippen molar-refractivity contribution in [1.82, 2.24) is 4.90 Å². The van der Waals surface area contributed by atoms with Crippen LogP contribution in [0.25, 0.3) is 0 Å². The molecule has 1 aliphatic heterocycles. The minimum atomic E-state index is 0.728. The number of hydrogen-bond acceptors (Lipinski definition) is 2. The zero-order valence-corrected chi connectivity index (χ0v) is 12.6. The zero-order chi connectivity index (χ0) is 14.1. The minimum absolute atomic E-state index is 0.728. The van der Waals surface area contributed by atoms with Gasteiger partial charge in [-0.3, -0.25) is 4.90 Å². The average molecular weight is 307 g/mol. The van der Waals surface area contributed by atoms with Gasteiger partial charge in [0.05, 0.1) is 0 Å². The van der Waals surface area contributed by atoms with Crippen LogP contribution in [0.2, 0.25) is 10.0 Å². The first kappa shape index (κ1) is 13.7. The van der Waals surface area contributed by atoms with Gasteiger partial charge < -0.3 is 5.73 Å². The lowest BCUT2D eigenvalue weighted by atomic mass is 9.98. The van der Waals surface area contributed by atoms with Crippen LogP contribution < -0.4 is 5.73 Å². The van der Waals surface area contributed by atoms with E-state index in [0.29, 0.717) is 0 Å². The van der Waals surface area contributed by atoms with Gasteiger partial charge >= 0.3 is 0 Å². The molecule has 0 saturated heterocycles. The molecule has 4 heteroatoms. The molecule has 2 aromatic carbocycles. The van der Waals surface area contributed by atoms with E-state index >= 15 is 0 Å². The topological polar surface area (TPSA) is 29.3 Å². The molecule has 0 atom stereocenters. The lowest BCUT2D eigenvalue weighted by Gasteiger charge is -2.29. The standard InChI is InChI=1S/C16H16Cl2N2/c17-14-2-4-16(18)13(7-14)10-20-6-5-11-1-3-15(19)8-12(11)9-20/h1-4,7-8H,5-6,9-10,19H2. The van der Waals surface area contributed by atoms with Crippen molar-refractivity contribution in [1.29, 1.82) is 0 Å². The summed E-state index contributed by atoms with van der Waals surface area (Å²) in [4.78, 5) is 2.37. The zero-order valence-electron chi connectivity index (χ0n) is 11.1.